The number of amides is 2. The van der Waals surface area contributed by atoms with E-state index >= 15 is 0 Å². The van der Waals surface area contributed by atoms with E-state index in [1.807, 2.05) is 29.2 Å². The summed E-state index contributed by atoms with van der Waals surface area (Å²) < 4.78 is 10.7. The number of aromatic nitrogens is 2. The van der Waals surface area contributed by atoms with Crippen LogP contribution in [0.4, 0.5) is 4.79 Å². The molecule has 140 valence electrons. The maximum Gasteiger partial charge on any atom is 0.317 e. The summed E-state index contributed by atoms with van der Waals surface area (Å²) >= 11 is 0. The number of piperidine rings is 1. The molecule has 2 aromatic rings. The second-order valence-corrected chi connectivity index (χ2v) is 6.56. The van der Waals surface area contributed by atoms with Gasteiger partial charge in [0.2, 0.25) is 11.7 Å². The van der Waals surface area contributed by atoms with E-state index in [9.17, 15) is 4.79 Å². The lowest BCUT2D eigenvalue weighted by atomic mass is 9.98. The molecule has 1 aromatic carbocycles. The Bertz CT molecular complexity index is 714. The van der Waals surface area contributed by atoms with Gasteiger partial charge in [-0.25, -0.2) is 4.79 Å². The fraction of sp³-hybridized carbons (Fsp3) is 0.526. The van der Waals surface area contributed by atoms with E-state index in [0.717, 1.165) is 50.1 Å². The molecule has 1 N–H and O–H groups in total. The van der Waals surface area contributed by atoms with Crippen molar-refractivity contribution in [1.29, 1.82) is 0 Å². The van der Waals surface area contributed by atoms with Gasteiger partial charge in [-0.05, 0) is 43.5 Å². The zero-order valence-corrected chi connectivity index (χ0v) is 15.4. The van der Waals surface area contributed by atoms with Crippen LogP contribution in [0.5, 0.6) is 5.75 Å². The van der Waals surface area contributed by atoms with Gasteiger partial charge in [-0.3, -0.25) is 0 Å². The van der Waals surface area contributed by atoms with Gasteiger partial charge in [0.15, 0.2) is 0 Å². The molecule has 0 bridgehead atoms. The van der Waals surface area contributed by atoms with Crippen LogP contribution in [0.2, 0.25) is 0 Å². The quantitative estimate of drug-likeness (QED) is 0.800. The Morgan fingerprint density at radius 2 is 2.19 bits per heavy atom. The summed E-state index contributed by atoms with van der Waals surface area (Å²) in [6.45, 7) is 4.22. The van der Waals surface area contributed by atoms with Crippen LogP contribution >= 0.6 is 0 Å². The number of carbonyl (C=O) groups is 1. The first kappa shape index (κ1) is 18.2. The Morgan fingerprint density at radius 3 is 2.92 bits per heavy atom. The summed E-state index contributed by atoms with van der Waals surface area (Å²) in [4.78, 5) is 18.7. The van der Waals surface area contributed by atoms with Crippen molar-refractivity contribution in [3.05, 3.63) is 30.2 Å². The summed E-state index contributed by atoms with van der Waals surface area (Å²) in [6.07, 6.45) is 3.95. The van der Waals surface area contributed by atoms with E-state index in [4.69, 9.17) is 9.26 Å². The molecule has 1 aliphatic heterocycles. The minimum absolute atomic E-state index is 0.00181. The highest BCUT2D eigenvalue weighted by Gasteiger charge is 2.28. The lowest BCUT2D eigenvalue weighted by Crippen LogP contribution is -2.45. The van der Waals surface area contributed by atoms with E-state index in [2.05, 4.69) is 22.4 Å². The fourth-order valence-corrected chi connectivity index (χ4v) is 3.11. The van der Waals surface area contributed by atoms with Gasteiger partial charge in [0, 0.05) is 25.2 Å². The van der Waals surface area contributed by atoms with Gasteiger partial charge >= 0.3 is 6.03 Å². The summed E-state index contributed by atoms with van der Waals surface area (Å²) in [5.41, 5.74) is 0.880. The summed E-state index contributed by atoms with van der Waals surface area (Å²) in [5, 5.41) is 7.08. The summed E-state index contributed by atoms with van der Waals surface area (Å²) in [6, 6.07) is 7.55. The average molecular weight is 358 g/mol. The average Bonchev–Trinajstić information content (AvgIpc) is 3.18. The second kappa shape index (κ2) is 8.69. The van der Waals surface area contributed by atoms with E-state index < -0.39 is 0 Å². The van der Waals surface area contributed by atoms with Crippen LogP contribution in [-0.2, 0) is 0 Å². The Balaban J connectivity index is 1.63. The number of hydrogen-bond donors (Lipinski definition) is 1. The van der Waals surface area contributed by atoms with E-state index in [1.54, 1.807) is 7.11 Å². The van der Waals surface area contributed by atoms with Gasteiger partial charge in [0.25, 0.3) is 0 Å². The number of benzene rings is 1. The number of ether oxygens (including phenoxy) is 1. The minimum atomic E-state index is -0.00181. The highest BCUT2D eigenvalue weighted by atomic mass is 16.5. The number of carbonyl (C=O) groups excluding carboxylic acids is 1. The number of unbranched alkanes of at least 4 members (excludes halogenated alkanes) is 1. The number of likely N-dealkylation sites (tertiary alicyclic amines) is 1. The van der Waals surface area contributed by atoms with Crippen LogP contribution in [0, 0.1) is 0 Å². The Kier molecular flexibility index (Phi) is 6.09. The largest absolute Gasteiger partial charge is 0.497 e. The molecule has 0 spiro atoms. The molecule has 7 nitrogen and oxygen atoms in total. The van der Waals surface area contributed by atoms with Crippen LogP contribution in [0.1, 0.15) is 44.4 Å². The van der Waals surface area contributed by atoms with Crippen LogP contribution in [0.3, 0.4) is 0 Å². The number of methoxy groups -OCH3 is 1. The smallest absolute Gasteiger partial charge is 0.317 e. The predicted octanol–water partition coefficient (Wildman–Crippen LogP) is 3.43. The molecular formula is C19H26N4O3. The molecule has 1 aliphatic rings. The molecule has 0 saturated carbocycles. The van der Waals surface area contributed by atoms with E-state index in [1.165, 1.54) is 0 Å². The highest BCUT2D eigenvalue weighted by molar-refractivity contribution is 5.74. The van der Waals surface area contributed by atoms with Gasteiger partial charge in [-0.1, -0.05) is 18.5 Å². The standard InChI is InChI=1S/C19H26N4O3/c1-3-4-11-20-19(24)23-12-5-6-15(13-23)18-21-17(22-26-18)14-7-9-16(25-2)10-8-14/h7-10,15H,3-6,11-13H2,1-2H3,(H,20,24)/t15-/m0/s1. The van der Waals surface area contributed by atoms with Crippen molar-refractivity contribution in [2.24, 2.45) is 0 Å². The van der Waals surface area contributed by atoms with Crippen LogP contribution < -0.4 is 10.1 Å². The number of urea groups is 1. The maximum absolute atomic E-state index is 12.3. The van der Waals surface area contributed by atoms with Crippen LogP contribution in [0.15, 0.2) is 28.8 Å². The number of nitrogens with one attached hydrogen (secondary N) is 1. The molecule has 3 rings (SSSR count). The lowest BCUT2D eigenvalue weighted by Gasteiger charge is -2.31. The van der Waals surface area contributed by atoms with Crippen molar-refractivity contribution in [2.75, 3.05) is 26.7 Å². The SMILES string of the molecule is CCCCNC(=O)N1CCC[C@H](c2nc(-c3ccc(OC)cc3)no2)C1. The van der Waals surface area contributed by atoms with Crippen molar-refractivity contribution in [1.82, 2.24) is 20.4 Å². The molecule has 0 aliphatic carbocycles. The van der Waals surface area contributed by atoms with Gasteiger partial charge in [-0.2, -0.15) is 4.98 Å². The third-order valence-electron chi connectivity index (χ3n) is 4.65. The fourth-order valence-electron chi connectivity index (χ4n) is 3.11. The van der Waals surface area contributed by atoms with Crippen molar-refractivity contribution >= 4 is 6.03 Å². The normalized spacial score (nSPS) is 17.2. The Labute approximate surface area is 153 Å². The first-order valence-electron chi connectivity index (χ1n) is 9.22. The van der Waals surface area contributed by atoms with Crippen LogP contribution in [-0.4, -0.2) is 47.8 Å². The molecule has 0 unspecified atom stereocenters. The molecule has 0 radical (unpaired) electrons. The molecule has 1 aromatic heterocycles. The van der Waals surface area contributed by atoms with E-state index in [0.29, 0.717) is 18.3 Å². The van der Waals surface area contributed by atoms with Crippen molar-refractivity contribution in [3.63, 3.8) is 0 Å². The summed E-state index contributed by atoms with van der Waals surface area (Å²) in [7, 11) is 1.63. The van der Waals surface area contributed by atoms with E-state index in [-0.39, 0.29) is 11.9 Å². The minimum Gasteiger partial charge on any atom is -0.497 e. The predicted molar refractivity (Wildman–Crippen MR) is 98.1 cm³/mol. The molecule has 1 fully saturated rings. The van der Waals surface area contributed by atoms with Crippen LogP contribution in [0.25, 0.3) is 11.4 Å². The zero-order chi connectivity index (χ0) is 18.4. The van der Waals surface area contributed by atoms with Crippen molar-refractivity contribution in [3.8, 4) is 17.1 Å². The number of nitrogens with zero attached hydrogens (tertiary/aromatic N) is 3. The molecule has 26 heavy (non-hydrogen) atoms. The number of rotatable bonds is 6. The molecular weight excluding hydrogens is 332 g/mol. The second-order valence-electron chi connectivity index (χ2n) is 6.56. The monoisotopic (exact) mass is 358 g/mol. The highest BCUT2D eigenvalue weighted by Crippen LogP contribution is 2.28. The zero-order valence-electron chi connectivity index (χ0n) is 15.4. The molecule has 2 heterocycles. The third kappa shape index (κ3) is 4.33. The molecule has 7 heteroatoms. The lowest BCUT2D eigenvalue weighted by molar-refractivity contribution is 0.172. The summed E-state index contributed by atoms with van der Waals surface area (Å²) in [5.74, 6) is 2.03. The molecule has 1 atom stereocenters. The first-order valence-corrected chi connectivity index (χ1v) is 9.22. The molecule has 2 amide bonds. The Morgan fingerprint density at radius 1 is 1.38 bits per heavy atom. The first-order chi connectivity index (χ1) is 12.7. The number of hydrogen-bond acceptors (Lipinski definition) is 5. The topological polar surface area (TPSA) is 80.5 Å². The van der Waals surface area contributed by atoms with Crippen molar-refractivity contribution < 1.29 is 14.1 Å². The Hall–Kier alpha value is -2.57. The molecule has 1 saturated heterocycles. The van der Waals surface area contributed by atoms with Crippen molar-refractivity contribution in [2.45, 2.75) is 38.5 Å². The van der Waals surface area contributed by atoms with Gasteiger partial charge in [0.05, 0.1) is 13.0 Å². The maximum atomic E-state index is 12.3. The van der Waals surface area contributed by atoms with Gasteiger partial charge in [0.1, 0.15) is 5.75 Å². The third-order valence-corrected chi connectivity index (χ3v) is 4.65. The van der Waals surface area contributed by atoms with Gasteiger partial charge in [-0.15, -0.1) is 0 Å². The van der Waals surface area contributed by atoms with Gasteiger partial charge < -0.3 is 19.5 Å².